The van der Waals surface area contributed by atoms with Gasteiger partial charge in [-0.25, -0.2) is 0 Å². The molecule has 5 heteroatoms. The van der Waals surface area contributed by atoms with E-state index in [1.54, 1.807) is 0 Å². The van der Waals surface area contributed by atoms with Crippen LogP contribution in [0.15, 0.2) is 0 Å². The van der Waals surface area contributed by atoms with Gasteiger partial charge in [-0.3, -0.25) is 14.5 Å². The summed E-state index contributed by atoms with van der Waals surface area (Å²) in [6.45, 7) is 1.69. The van der Waals surface area contributed by atoms with E-state index in [-0.39, 0.29) is 29.6 Å². The highest BCUT2D eigenvalue weighted by atomic mass is 16.2. The van der Waals surface area contributed by atoms with E-state index in [0.717, 1.165) is 6.54 Å². The molecule has 1 heterocycles. The molecular weight excluding hydrogens is 194 g/mol. The molecule has 2 fully saturated rings. The normalized spacial score (nSPS) is 33.9. The van der Waals surface area contributed by atoms with Crippen molar-refractivity contribution in [1.29, 1.82) is 0 Å². The average Bonchev–Trinajstić information content (AvgIpc) is 2.84. The van der Waals surface area contributed by atoms with E-state index in [9.17, 15) is 9.59 Å². The lowest BCUT2D eigenvalue weighted by Gasteiger charge is -2.20. The number of piperidine rings is 1. The van der Waals surface area contributed by atoms with E-state index < -0.39 is 0 Å². The Labute approximate surface area is 89.2 Å². The molecule has 2 atom stereocenters. The van der Waals surface area contributed by atoms with Crippen molar-refractivity contribution in [3.8, 4) is 0 Å². The summed E-state index contributed by atoms with van der Waals surface area (Å²) in [7, 11) is 3.85. The Morgan fingerprint density at radius 1 is 1.27 bits per heavy atom. The van der Waals surface area contributed by atoms with Crippen LogP contribution in [0.5, 0.6) is 0 Å². The molecule has 0 radical (unpaired) electrons. The van der Waals surface area contributed by atoms with Crippen molar-refractivity contribution >= 4 is 11.8 Å². The number of likely N-dealkylation sites (N-methyl/N-ethyl adjacent to an activating group) is 1. The SMILES string of the molecule is CN(C)CCN1C(=O)C2C(CN)C2C1=O. The molecule has 1 aliphatic heterocycles. The number of amides is 2. The number of likely N-dealkylation sites (tertiary alicyclic amines) is 1. The Morgan fingerprint density at radius 2 is 1.80 bits per heavy atom. The van der Waals surface area contributed by atoms with Gasteiger partial charge in [0, 0.05) is 13.1 Å². The summed E-state index contributed by atoms with van der Waals surface area (Å²) >= 11 is 0. The number of hydrogen-bond donors (Lipinski definition) is 1. The average molecular weight is 211 g/mol. The molecule has 0 aromatic rings. The highest BCUT2D eigenvalue weighted by Crippen LogP contribution is 2.52. The van der Waals surface area contributed by atoms with Gasteiger partial charge >= 0.3 is 0 Å². The zero-order valence-corrected chi connectivity index (χ0v) is 9.14. The van der Waals surface area contributed by atoms with Crippen molar-refractivity contribution < 1.29 is 9.59 Å². The van der Waals surface area contributed by atoms with Crippen LogP contribution in [0.25, 0.3) is 0 Å². The van der Waals surface area contributed by atoms with E-state index in [0.29, 0.717) is 13.1 Å². The molecule has 2 N–H and O–H groups in total. The van der Waals surface area contributed by atoms with Crippen LogP contribution in [0.1, 0.15) is 0 Å². The lowest BCUT2D eigenvalue weighted by molar-refractivity contribution is -0.142. The van der Waals surface area contributed by atoms with Crippen molar-refractivity contribution in [2.75, 3.05) is 33.7 Å². The van der Waals surface area contributed by atoms with Crippen molar-refractivity contribution in [1.82, 2.24) is 9.80 Å². The summed E-state index contributed by atoms with van der Waals surface area (Å²) in [5, 5.41) is 0. The molecule has 84 valence electrons. The van der Waals surface area contributed by atoms with Crippen molar-refractivity contribution in [3.63, 3.8) is 0 Å². The zero-order chi connectivity index (χ0) is 11.2. The highest BCUT2D eigenvalue weighted by Gasteiger charge is 2.66. The van der Waals surface area contributed by atoms with Crippen LogP contribution in [0, 0.1) is 17.8 Å². The summed E-state index contributed by atoms with van der Waals surface area (Å²) in [5.41, 5.74) is 5.48. The third-order valence-corrected chi connectivity index (χ3v) is 3.31. The Kier molecular flexibility index (Phi) is 2.52. The molecule has 0 bridgehead atoms. The number of imide groups is 1. The van der Waals surface area contributed by atoms with Crippen molar-refractivity contribution in [2.24, 2.45) is 23.5 Å². The fraction of sp³-hybridized carbons (Fsp3) is 0.800. The maximum absolute atomic E-state index is 11.8. The predicted octanol–water partition coefficient (Wildman–Crippen LogP) is -1.26. The molecule has 2 amide bonds. The first-order valence-electron chi connectivity index (χ1n) is 5.28. The van der Waals surface area contributed by atoms with Gasteiger partial charge in [0.25, 0.3) is 0 Å². The van der Waals surface area contributed by atoms with Crippen LogP contribution in [0.4, 0.5) is 0 Å². The summed E-state index contributed by atoms with van der Waals surface area (Å²) in [4.78, 5) is 26.9. The smallest absolute Gasteiger partial charge is 0.233 e. The molecule has 0 aromatic carbocycles. The van der Waals surface area contributed by atoms with Crippen LogP contribution in [-0.2, 0) is 9.59 Å². The fourth-order valence-electron chi connectivity index (χ4n) is 2.33. The second kappa shape index (κ2) is 3.57. The van der Waals surface area contributed by atoms with Crippen LogP contribution in [0.2, 0.25) is 0 Å². The summed E-state index contributed by atoms with van der Waals surface area (Å²) in [6.07, 6.45) is 0. The molecule has 1 saturated carbocycles. The van der Waals surface area contributed by atoms with Gasteiger partial charge in [0.05, 0.1) is 11.8 Å². The number of carbonyl (C=O) groups is 2. The van der Waals surface area contributed by atoms with Crippen molar-refractivity contribution in [3.05, 3.63) is 0 Å². The molecule has 2 rings (SSSR count). The third-order valence-electron chi connectivity index (χ3n) is 3.31. The standard InChI is InChI=1S/C10H17N3O2/c1-12(2)3-4-13-9(14)7-6(5-11)8(7)10(13)15/h6-8H,3-5,11H2,1-2H3. The molecule has 1 saturated heterocycles. The number of fused-ring (bicyclic) bond motifs is 1. The topological polar surface area (TPSA) is 66.6 Å². The third kappa shape index (κ3) is 1.55. The summed E-state index contributed by atoms with van der Waals surface area (Å²) in [6, 6.07) is 0. The van der Waals surface area contributed by atoms with Gasteiger partial charge in [0.15, 0.2) is 0 Å². The molecule has 1 aliphatic carbocycles. The predicted molar refractivity (Wildman–Crippen MR) is 54.8 cm³/mol. The first-order valence-corrected chi connectivity index (χ1v) is 5.28. The molecule has 2 unspecified atom stereocenters. The number of hydrogen-bond acceptors (Lipinski definition) is 4. The number of nitrogens with two attached hydrogens (primary N) is 1. The van der Waals surface area contributed by atoms with Crippen molar-refractivity contribution in [2.45, 2.75) is 0 Å². The number of nitrogens with zero attached hydrogens (tertiary/aromatic N) is 2. The maximum Gasteiger partial charge on any atom is 0.233 e. The molecule has 5 nitrogen and oxygen atoms in total. The lowest BCUT2D eigenvalue weighted by Crippen LogP contribution is -2.39. The minimum atomic E-state index is -0.0929. The monoisotopic (exact) mass is 211 g/mol. The molecular formula is C10H17N3O2. The zero-order valence-electron chi connectivity index (χ0n) is 9.14. The minimum absolute atomic E-state index is 0.0118. The number of rotatable bonds is 4. The summed E-state index contributed by atoms with van der Waals surface area (Å²) in [5.74, 6) is -0.0838. The van der Waals surface area contributed by atoms with Gasteiger partial charge in [-0.15, -0.1) is 0 Å². The van der Waals surface area contributed by atoms with Crippen LogP contribution in [-0.4, -0.2) is 55.3 Å². The van der Waals surface area contributed by atoms with Crippen LogP contribution >= 0.6 is 0 Å². The maximum atomic E-state index is 11.8. The molecule has 0 aromatic heterocycles. The van der Waals surface area contributed by atoms with Crippen LogP contribution < -0.4 is 5.73 Å². The molecule has 15 heavy (non-hydrogen) atoms. The van der Waals surface area contributed by atoms with Crippen LogP contribution in [0.3, 0.4) is 0 Å². The Morgan fingerprint density at radius 3 is 2.20 bits per heavy atom. The van der Waals surface area contributed by atoms with Gasteiger partial charge in [-0.1, -0.05) is 0 Å². The second-order valence-corrected chi connectivity index (χ2v) is 4.58. The van der Waals surface area contributed by atoms with E-state index in [2.05, 4.69) is 0 Å². The number of carbonyl (C=O) groups excluding carboxylic acids is 2. The molecule has 2 aliphatic rings. The van der Waals surface area contributed by atoms with Gasteiger partial charge in [-0.05, 0) is 26.6 Å². The Bertz CT molecular complexity index is 281. The Balaban J connectivity index is 1.95. The summed E-state index contributed by atoms with van der Waals surface area (Å²) < 4.78 is 0. The first kappa shape index (κ1) is 10.6. The molecule has 0 spiro atoms. The largest absolute Gasteiger partial charge is 0.330 e. The van der Waals surface area contributed by atoms with E-state index in [1.807, 2.05) is 19.0 Å². The first-order chi connectivity index (χ1) is 7.07. The van der Waals surface area contributed by atoms with E-state index >= 15 is 0 Å². The second-order valence-electron chi connectivity index (χ2n) is 4.58. The van der Waals surface area contributed by atoms with Gasteiger partial charge in [-0.2, -0.15) is 0 Å². The van der Waals surface area contributed by atoms with Gasteiger partial charge < -0.3 is 10.6 Å². The van der Waals surface area contributed by atoms with E-state index in [4.69, 9.17) is 5.73 Å². The Hall–Kier alpha value is -0.940. The highest BCUT2D eigenvalue weighted by molar-refractivity contribution is 6.09. The van der Waals surface area contributed by atoms with Gasteiger partial charge in [0.1, 0.15) is 0 Å². The van der Waals surface area contributed by atoms with E-state index in [1.165, 1.54) is 4.90 Å². The lowest BCUT2D eigenvalue weighted by atomic mass is 10.2. The quantitative estimate of drug-likeness (QED) is 0.589. The minimum Gasteiger partial charge on any atom is -0.330 e. The fourth-order valence-corrected chi connectivity index (χ4v) is 2.33. The van der Waals surface area contributed by atoms with Gasteiger partial charge in [0.2, 0.25) is 11.8 Å².